The number of likely N-dealkylation sites (N-methyl/N-ethyl adjacent to an activating group) is 1. The van der Waals surface area contributed by atoms with E-state index < -0.39 is 6.04 Å². The SMILES string of the molecule is COc1ccc([C@@H]2C/C=C/C[C@H](C)Oc3ccccc3C(=O)N(C)[C@H](Cc3ccccc3)C(=O)N2)c(OC)c1. The molecule has 0 saturated carbocycles. The Bertz CT molecular complexity index is 1310. The number of benzene rings is 3. The molecule has 0 saturated heterocycles. The third kappa shape index (κ3) is 6.79. The van der Waals surface area contributed by atoms with Crippen LogP contribution < -0.4 is 19.5 Å². The van der Waals surface area contributed by atoms with Crippen LogP contribution in [0.25, 0.3) is 0 Å². The van der Waals surface area contributed by atoms with Crippen molar-refractivity contribution in [1.29, 1.82) is 0 Å². The molecule has 3 aromatic rings. The van der Waals surface area contributed by atoms with Gasteiger partial charge in [-0.1, -0.05) is 54.6 Å². The molecular weight excluding hydrogens is 492 g/mol. The first-order chi connectivity index (χ1) is 18.9. The van der Waals surface area contributed by atoms with E-state index >= 15 is 0 Å². The summed E-state index contributed by atoms with van der Waals surface area (Å²) in [6, 6.07) is 21.3. The molecule has 0 aliphatic carbocycles. The van der Waals surface area contributed by atoms with Crippen LogP contribution in [0.3, 0.4) is 0 Å². The average Bonchev–Trinajstić information content (AvgIpc) is 2.96. The van der Waals surface area contributed by atoms with E-state index in [0.717, 1.165) is 11.1 Å². The fraction of sp³-hybridized carbons (Fsp3) is 0.312. The molecule has 0 spiro atoms. The first-order valence-electron chi connectivity index (χ1n) is 13.1. The number of hydrogen-bond acceptors (Lipinski definition) is 5. The van der Waals surface area contributed by atoms with Gasteiger partial charge in [0.25, 0.3) is 5.91 Å². The van der Waals surface area contributed by atoms with E-state index in [9.17, 15) is 9.59 Å². The van der Waals surface area contributed by atoms with Crippen LogP contribution in [0.5, 0.6) is 17.2 Å². The molecule has 0 bridgehead atoms. The van der Waals surface area contributed by atoms with Crippen LogP contribution in [0, 0.1) is 0 Å². The van der Waals surface area contributed by atoms with E-state index in [2.05, 4.69) is 5.32 Å². The van der Waals surface area contributed by atoms with Crippen molar-refractivity contribution in [1.82, 2.24) is 10.2 Å². The summed E-state index contributed by atoms with van der Waals surface area (Å²) in [5.74, 6) is 1.25. The van der Waals surface area contributed by atoms with Gasteiger partial charge >= 0.3 is 0 Å². The van der Waals surface area contributed by atoms with Gasteiger partial charge in [-0.05, 0) is 43.2 Å². The van der Waals surface area contributed by atoms with E-state index in [1.165, 1.54) is 4.90 Å². The minimum atomic E-state index is -0.760. The summed E-state index contributed by atoms with van der Waals surface area (Å²) < 4.78 is 17.2. The number of methoxy groups -OCH3 is 2. The molecule has 4 rings (SSSR count). The van der Waals surface area contributed by atoms with Crippen LogP contribution in [0.4, 0.5) is 0 Å². The number of carbonyl (C=O) groups excluding carboxylic acids is 2. The van der Waals surface area contributed by atoms with Crippen molar-refractivity contribution in [3.63, 3.8) is 0 Å². The Morgan fingerprint density at radius 3 is 2.38 bits per heavy atom. The average molecular weight is 529 g/mol. The molecule has 1 heterocycles. The van der Waals surface area contributed by atoms with Gasteiger partial charge in [0.2, 0.25) is 5.91 Å². The molecule has 7 heteroatoms. The predicted molar refractivity (Wildman–Crippen MR) is 151 cm³/mol. The zero-order valence-electron chi connectivity index (χ0n) is 22.9. The first kappa shape index (κ1) is 27.8. The standard InChI is InChI=1S/C32H36N2O5/c1-22-12-8-10-16-27(25-19-18-24(37-3)21-30(25)38-4)33-31(35)28(20-23-13-6-5-7-14-23)34(2)32(36)26-15-9-11-17-29(26)39-22/h5-11,13-15,17-19,21-22,27-28H,12,16,20H2,1-4H3,(H,33,35)/b10-8+/t22-,27-,28+/m0/s1. The molecule has 39 heavy (non-hydrogen) atoms. The van der Waals surface area contributed by atoms with Gasteiger partial charge in [-0.2, -0.15) is 0 Å². The second-order valence-corrected chi connectivity index (χ2v) is 9.66. The highest BCUT2D eigenvalue weighted by Gasteiger charge is 2.31. The van der Waals surface area contributed by atoms with Gasteiger partial charge in [-0.25, -0.2) is 0 Å². The number of carbonyl (C=O) groups is 2. The number of nitrogens with one attached hydrogen (secondary N) is 1. The summed E-state index contributed by atoms with van der Waals surface area (Å²) in [5.41, 5.74) is 2.20. The van der Waals surface area contributed by atoms with Crippen LogP contribution in [0.15, 0.2) is 84.9 Å². The molecule has 0 radical (unpaired) electrons. The van der Waals surface area contributed by atoms with E-state index in [0.29, 0.717) is 42.1 Å². The zero-order valence-corrected chi connectivity index (χ0v) is 22.9. The number of para-hydroxylation sites is 1. The molecule has 7 nitrogen and oxygen atoms in total. The summed E-state index contributed by atoms with van der Waals surface area (Å²) >= 11 is 0. The molecular formula is C32H36N2O5. The maximum Gasteiger partial charge on any atom is 0.258 e. The van der Waals surface area contributed by atoms with Gasteiger partial charge in [0.1, 0.15) is 23.3 Å². The van der Waals surface area contributed by atoms with Crippen LogP contribution in [0.1, 0.15) is 47.3 Å². The Balaban J connectivity index is 1.76. The number of hydrogen-bond donors (Lipinski definition) is 1. The van der Waals surface area contributed by atoms with Crippen LogP contribution >= 0.6 is 0 Å². The lowest BCUT2D eigenvalue weighted by atomic mass is 9.98. The van der Waals surface area contributed by atoms with Crippen molar-refractivity contribution in [2.75, 3.05) is 21.3 Å². The fourth-order valence-electron chi connectivity index (χ4n) is 4.74. The van der Waals surface area contributed by atoms with Gasteiger partial charge in [0.15, 0.2) is 0 Å². The Labute approximate surface area is 230 Å². The quantitative estimate of drug-likeness (QED) is 0.451. The molecule has 3 atom stereocenters. The van der Waals surface area contributed by atoms with Crippen molar-refractivity contribution in [3.8, 4) is 17.2 Å². The molecule has 0 fully saturated rings. The Kier molecular flexibility index (Phi) is 9.26. The molecule has 0 aromatic heterocycles. The van der Waals surface area contributed by atoms with Crippen molar-refractivity contribution >= 4 is 11.8 Å². The molecule has 2 amide bonds. The topological polar surface area (TPSA) is 77.1 Å². The molecule has 1 aliphatic heterocycles. The minimum absolute atomic E-state index is 0.146. The van der Waals surface area contributed by atoms with Gasteiger partial charge in [0, 0.05) is 31.5 Å². The Morgan fingerprint density at radius 1 is 0.923 bits per heavy atom. The summed E-state index contributed by atoms with van der Waals surface area (Å²) in [6.45, 7) is 1.98. The summed E-state index contributed by atoms with van der Waals surface area (Å²) in [4.78, 5) is 29.3. The third-order valence-corrected chi connectivity index (χ3v) is 6.95. The lowest BCUT2D eigenvalue weighted by molar-refractivity contribution is -0.126. The van der Waals surface area contributed by atoms with Gasteiger partial charge < -0.3 is 24.4 Å². The highest BCUT2D eigenvalue weighted by molar-refractivity contribution is 5.99. The zero-order chi connectivity index (χ0) is 27.8. The van der Waals surface area contributed by atoms with E-state index in [1.807, 2.05) is 67.6 Å². The molecule has 0 unspecified atom stereocenters. The van der Waals surface area contributed by atoms with Crippen LogP contribution in [-0.2, 0) is 11.2 Å². The molecule has 1 N–H and O–H groups in total. The fourth-order valence-corrected chi connectivity index (χ4v) is 4.74. The van der Waals surface area contributed by atoms with E-state index in [1.54, 1.807) is 45.5 Å². The largest absolute Gasteiger partial charge is 0.497 e. The van der Waals surface area contributed by atoms with Crippen molar-refractivity contribution < 1.29 is 23.8 Å². The number of ether oxygens (including phenoxy) is 3. The minimum Gasteiger partial charge on any atom is -0.497 e. The van der Waals surface area contributed by atoms with Crippen molar-refractivity contribution in [2.45, 2.75) is 44.4 Å². The normalized spacial score (nSPS) is 21.1. The number of amides is 2. The molecule has 204 valence electrons. The second-order valence-electron chi connectivity index (χ2n) is 9.66. The lowest BCUT2D eigenvalue weighted by Gasteiger charge is -2.31. The second kappa shape index (κ2) is 13.0. The number of rotatable bonds is 5. The molecule has 1 aliphatic rings. The highest BCUT2D eigenvalue weighted by Crippen LogP contribution is 2.32. The van der Waals surface area contributed by atoms with Crippen molar-refractivity contribution in [3.05, 3.63) is 102 Å². The van der Waals surface area contributed by atoms with Crippen LogP contribution in [-0.4, -0.2) is 50.1 Å². The maximum atomic E-state index is 14.0. The Morgan fingerprint density at radius 2 is 1.64 bits per heavy atom. The highest BCUT2D eigenvalue weighted by atomic mass is 16.5. The van der Waals surface area contributed by atoms with Crippen molar-refractivity contribution in [2.24, 2.45) is 0 Å². The van der Waals surface area contributed by atoms with Crippen LogP contribution in [0.2, 0.25) is 0 Å². The lowest BCUT2D eigenvalue weighted by Crippen LogP contribution is -2.49. The van der Waals surface area contributed by atoms with Gasteiger partial charge in [-0.15, -0.1) is 0 Å². The van der Waals surface area contributed by atoms with E-state index in [-0.39, 0.29) is 24.0 Å². The summed E-state index contributed by atoms with van der Waals surface area (Å²) in [7, 11) is 4.87. The van der Waals surface area contributed by atoms with Gasteiger partial charge in [0.05, 0.1) is 31.9 Å². The smallest absolute Gasteiger partial charge is 0.258 e. The third-order valence-electron chi connectivity index (χ3n) is 6.95. The first-order valence-corrected chi connectivity index (χ1v) is 13.1. The molecule has 3 aromatic carbocycles. The summed E-state index contributed by atoms with van der Waals surface area (Å²) in [5, 5.41) is 3.22. The Hall–Kier alpha value is -4.26. The van der Waals surface area contributed by atoms with E-state index in [4.69, 9.17) is 14.2 Å². The predicted octanol–water partition coefficient (Wildman–Crippen LogP) is 5.36. The number of nitrogens with zero attached hydrogens (tertiary/aromatic N) is 1. The maximum absolute atomic E-state index is 14.0. The number of fused-ring (bicyclic) bond motifs is 1. The van der Waals surface area contributed by atoms with Gasteiger partial charge in [-0.3, -0.25) is 9.59 Å². The monoisotopic (exact) mass is 528 g/mol. The summed E-state index contributed by atoms with van der Waals surface area (Å²) in [6.07, 6.45) is 5.49.